The van der Waals surface area contributed by atoms with Crippen molar-refractivity contribution in [3.63, 3.8) is 0 Å². The van der Waals surface area contributed by atoms with E-state index in [-0.39, 0.29) is 18.6 Å². The molecular weight excluding hydrogens is 314 g/mol. The van der Waals surface area contributed by atoms with Crippen molar-refractivity contribution >= 4 is 16.7 Å². The molecule has 1 N–H and O–H groups in total. The monoisotopic (exact) mass is 343 g/mol. The average molecular weight is 343 g/mol. The molecule has 1 amide bonds. The number of carbonyl (C=O) groups excluding carboxylic acids is 1. The largest absolute Gasteiger partial charge is 0.490 e. The molecule has 4 nitrogen and oxygen atoms in total. The predicted octanol–water partition coefficient (Wildman–Crippen LogP) is 4.01. The van der Waals surface area contributed by atoms with Crippen LogP contribution in [0.1, 0.15) is 40.0 Å². The molecule has 0 spiro atoms. The molecule has 0 saturated carbocycles. The van der Waals surface area contributed by atoms with E-state index in [2.05, 4.69) is 6.92 Å². The minimum atomic E-state index is -0.716. The average Bonchev–Trinajstić information content (AvgIpc) is 2.62. The number of nitrogens with zero attached hydrogens (tertiary/aromatic N) is 1. The zero-order chi connectivity index (χ0) is 18.2. The highest BCUT2D eigenvalue weighted by Gasteiger charge is 2.20. The summed E-state index contributed by atoms with van der Waals surface area (Å²) in [6.07, 6.45) is 1.69. The van der Waals surface area contributed by atoms with Crippen molar-refractivity contribution < 1.29 is 14.6 Å². The lowest BCUT2D eigenvalue weighted by molar-refractivity contribution is -0.134. The second kappa shape index (κ2) is 9.42. The van der Waals surface area contributed by atoms with Crippen LogP contribution in [-0.4, -0.2) is 41.2 Å². The highest BCUT2D eigenvalue weighted by Crippen LogP contribution is 2.25. The van der Waals surface area contributed by atoms with Crippen LogP contribution in [-0.2, 0) is 4.79 Å². The van der Waals surface area contributed by atoms with Gasteiger partial charge in [0.1, 0.15) is 18.5 Å². The van der Waals surface area contributed by atoms with E-state index in [1.807, 2.05) is 56.3 Å². The summed E-state index contributed by atoms with van der Waals surface area (Å²) in [5.74, 6) is 0.853. The molecule has 2 rings (SSSR count). The van der Waals surface area contributed by atoms with E-state index < -0.39 is 6.10 Å². The molecule has 0 aliphatic heterocycles. The topological polar surface area (TPSA) is 49.8 Å². The van der Waals surface area contributed by atoms with Crippen molar-refractivity contribution in [2.45, 2.75) is 52.2 Å². The molecule has 0 fully saturated rings. The van der Waals surface area contributed by atoms with Crippen LogP contribution < -0.4 is 4.74 Å². The predicted molar refractivity (Wildman–Crippen MR) is 102 cm³/mol. The Morgan fingerprint density at radius 1 is 1.16 bits per heavy atom. The summed E-state index contributed by atoms with van der Waals surface area (Å²) in [5.41, 5.74) is 0. The van der Waals surface area contributed by atoms with E-state index in [9.17, 15) is 9.90 Å². The minimum absolute atomic E-state index is 0.0663. The zero-order valence-corrected chi connectivity index (χ0v) is 15.4. The van der Waals surface area contributed by atoms with Gasteiger partial charge in [-0.25, -0.2) is 0 Å². The van der Waals surface area contributed by atoms with E-state index in [1.165, 1.54) is 0 Å². The van der Waals surface area contributed by atoms with E-state index in [0.29, 0.717) is 13.0 Å². The number of amides is 1. The van der Waals surface area contributed by atoms with E-state index in [1.54, 1.807) is 4.90 Å². The zero-order valence-electron chi connectivity index (χ0n) is 15.4. The van der Waals surface area contributed by atoms with Crippen LogP contribution in [0.4, 0.5) is 0 Å². The number of unbranched alkanes of at least 4 members (excludes halogenated alkanes) is 1. The smallest absolute Gasteiger partial charge is 0.222 e. The van der Waals surface area contributed by atoms with Crippen molar-refractivity contribution in [1.82, 2.24) is 4.90 Å². The van der Waals surface area contributed by atoms with Crippen LogP contribution in [0.3, 0.4) is 0 Å². The quantitative estimate of drug-likeness (QED) is 0.748. The van der Waals surface area contributed by atoms with Gasteiger partial charge in [0.15, 0.2) is 0 Å². The fourth-order valence-electron chi connectivity index (χ4n) is 2.86. The molecule has 0 radical (unpaired) electrons. The third-order valence-electron chi connectivity index (χ3n) is 4.28. The Morgan fingerprint density at radius 3 is 2.60 bits per heavy atom. The normalized spacial score (nSPS) is 12.4. The maximum absolute atomic E-state index is 12.3. The van der Waals surface area contributed by atoms with Gasteiger partial charge < -0.3 is 14.7 Å². The molecule has 0 aromatic heterocycles. The molecule has 25 heavy (non-hydrogen) atoms. The molecule has 0 aliphatic rings. The van der Waals surface area contributed by atoms with E-state index in [4.69, 9.17) is 4.74 Å². The van der Waals surface area contributed by atoms with Crippen molar-refractivity contribution in [1.29, 1.82) is 0 Å². The fourth-order valence-corrected chi connectivity index (χ4v) is 2.86. The van der Waals surface area contributed by atoms with Gasteiger partial charge in [-0.15, -0.1) is 0 Å². The Labute approximate surface area is 150 Å². The lowest BCUT2D eigenvalue weighted by Gasteiger charge is -2.29. The van der Waals surface area contributed by atoms with Crippen LogP contribution in [0.2, 0.25) is 0 Å². The highest BCUT2D eigenvalue weighted by atomic mass is 16.5. The van der Waals surface area contributed by atoms with Crippen LogP contribution >= 0.6 is 0 Å². The van der Waals surface area contributed by atoms with E-state index in [0.717, 1.165) is 29.4 Å². The summed E-state index contributed by atoms with van der Waals surface area (Å²) in [7, 11) is 0. The summed E-state index contributed by atoms with van der Waals surface area (Å²) in [4.78, 5) is 14.0. The molecular formula is C21H29NO3. The van der Waals surface area contributed by atoms with Gasteiger partial charge in [-0.2, -0.15) is 0 Å². The first kappa shape index (κ1) is 19.3. The number of aliphatic hydroxyl groups is 1. The summed E-state index contributed by atoms with van der Waals surface area (Å²) in [6, 6.07) is 13.9. The summed E-state index contributed by atoms with van der Waals surface area (Å²) >= 11 is 0. The maximum atomic E-state index is 12.3. The van der Waals surface area contributed by atoms with Gasteiger partial charge in [0.2, 0.25) is 5.91 Å². The van der Waals surface area contributed by atoms with Gasteiger partial charge in [0.05, 0.1) is 6.54 Å². The third-order valence-corrected chi connectivity index (χ3v) is 4.28. The Kier molecular flexibility index (Phi) is 7.26. The standard InChI is InChI=1S/C21H29NO3/c1-4-5-13-21(24)22(16(2)3)14-18(23)15-25-20-12-8-10-17-9-6-7-11-19(17)20/h6-12,16,18,23H,4-5,13-15H2,1-3H3. The lowest BCUT2D eigenvalue weighted by Crippen LogP contribution is -2.43. The first-order valence-corrected chi connectivity index (χ1v) is 9.11. The second-order valence-electron chi connectivity index (χ2n) is 6.69. The van der Waals surface area contributed by atoms with Crippen molar-refractivity contribution in [3.8, 4) is 5.75 Å². The van der Waals surface area contributed by atoms with E-state index >= 15 is 0 Å². The molecule has 1 unspecified atom stereocenters. The highest BCUT2D eigenvalue weighted by molar-refractivity contribution is 5.88. The third kappa shape index (κ3) is 5.46. The van der Waals surface area contributed by atoms with Crippen molar-refractivity contribution in [3.05, 3.63) is 42.5 Å². The number of hydrogen-bond acceptors (Lipinski definition) is 3. The van der Waals surface area contributed by atoms with Gasteiger partial charge in [-0.3, -0.25) is 4.79 Å². The molecule has 0 saturated heterocycles. The Balaban J connectivity index is 1.96. The number of aliphatic hydroxyl groups excluding tert-OH is 1. The fraction of sp³-hybridized carbons (Fsp3) is 0.476. The molecule has 0 bridgehead atoms. The number of ether oxygens (including phenoxy) is 1. The van der Waals surface area contributed by atoms with Gasteiger partial charge in [-0.05, 0) is 31.7 Å². The van der Waals surface area contributed by atoms with Gasteiger partial charge in [0.25, 0.3) is 0 Å². The van der Waals surface area contributed by atoms with Gasteiger partial charge in [0, 0.05) is 17.8 Å². The number of fused-ring (bicyclic) bond motifs is 1. The number of rotatable bonds is 9. The number of hydrogen-bond donors (Lipinski definition) is 1. The Bertz CT molecular complexity index is 678. The minimum Gasteiger partial charge on any atom is -0.490 e. The summed E-state index contributed by atoms with van der Waals surface area (Å²) < 4.78 is 5.83. The Morgan fingerprint density at radius 2 is 1.88 bits per heavy atom. The van der Waals surface area contributed by atoms with Crippen LogP contribution in [0.15, 0.2) is 42.5 Å². The van der Waals surface area contributed by atoms with Crippen LogP contribution in [0.25, 0.3) is 10.8 Å². The van der Waals surface area contributed by atoms with Crippen molar-refractivity contribution in [2.24, 2.45) is 0 Å². The molecule has 0 aliphatic carbocycles. The summed E-state index contributed by atoms with van der Waals surface area (Å²) in [5, 5.41) is 12.5. The molecule has 2 aromatic carbocycles. The Hall–Kier alpha value is -2.07. The van der Waals surface area contributed by atoms with Gasteiger partial charge >= 0.3 is 0 Å². The SMILES string of the molecule is CCCCC(=O)N(CC(O)COc1cccc2ccccc12)C(C)C. The molecule has 1 atom stereocenters. The number of benzene rings is 2. The lowest BCUT2D eigenvalue weighted by atomic mass is 10.1. The maximum Gasteiger partial charge on any atom is 0.222 e. The van der Waals surface area contributed by atoms with Gasteiger partial charge in [-0.1, -0.05) is 49.7 Å². The number of carbonyl (C=O) groups is 1. The first-order valence-electron chi connectivity index (χ1n) is 9.11. The molecule has 0 heterocycles. The second-order valence-corrected chi connectivity index (χ2v) is 6.69. The molecule has 4 heteroatoms. The van der Waals surface area contributed by atoms with Crippen molar-refractivity contribution in [2.75, 3.05) is 13.2 Å². The van der Waals surface area contributed by atoms with Crippen LogP contribution in [0.5, 0.6) is 5.75 Å². The molecule has 2 aromatic rings. The first-order chi connectivity index (χ1) is 12.0. The molecule has 136 valence electrons. The summed E-state index contributed by atoms with van der Waals surface area (Å²) in [6.45, 7) is 6.48. The van der Waals surface area contributed by atoms with Crippen LogP contribution in [0, 0.1) is 0 Å².